The maximum absolute atomic E-state index is 12.2. The molecular weight excluding hydrogens is 316 g/mol. The van der Waals surface area contributed by atoms with Gasteiger partial charge in [-0.1, -0.05) is 0 Å². The van der Waals surface area contributed by atoms with Crippen LogP contribution in [0.25, 0.3) is 6.08 Å². The predicted molar refractivity (Wildman–Crippen MR) is 96.9 cm³/mol. The first-order valence-corrected chi connectivity index (χ1v) is 8.81. The number of nitriles is 1. The topological polar surface area (TPSA) is 91.4 Å². The Morgan fingerprint density at radius 1 is 1.32 bits per heavy atom. The summed E-state index contributed by atoms with van der Waals surface area (Å²) in [7, 11) is 0. The van der Waals surface area contributed by atoms with Gasteiger partial charge in [-0.2, -0.15) is 5.26 Å². The summed E-state index contributed by atoms with van der Waals surface area (Å²) in [5.74, 6) is -0.379. The van der Waals surface area contributed by atoms with Gasteiger partial charge in [0.2, 0.25) is 0 Å². The average molecular weight is 340 g/mol. The van der Waals surface area contributed by atoms with Gasteiger partial charge in [0, 0.05) is 25.3 Å². The summed E-state index contributed by atoms with van der Waals surface area (Å²) < 4.78 is 4.98. The first-order chi connectivity index (χ1) is 12.2. The second-order valence-electron chi connectivity index (χ2n) is 6.38. The SMILES string of the molecule is N#C/C(=C\c1cc2c3c(c1)CCCN3CCC2)C(=O)NCCOCN. The highest BCUT2D eigenvalue weighted by Gasteiger charge is 2.24. The molecule has 0 aromatic heterocycles. The Balaban J connectivity index is 1.80. The van der Waals surface area contributed by atoms with E-state index in [0.717, 1.165) is 44.3 Å². The van der Waals surface area contributed by atoms with E-state index >= 15 is 0 Å². The van der Waals surface area contributed by atoms with Gasteiger partial charge in [-0.25, -0.2) is 0 Å². The Bertz CT molecular complexity index is 690. The van der Waals surface area contributed by atoms with Gasteiger partial charge in [-0.05, 0) is 60.6 Å². The minimum atomic E-state index is -0.379. The molecule has 6 heteroatoms. The van der Waals surface area contributed by atoms with Gasteiger partial charge >= 0.3 is 0 Å². The van der Waals surface area contributed by atoms with E-state index in [1.807, 2.05) is 6.07 Å². The number of benzene rings is 1. The number of anilines is 1. The summed E-state index contributed by atoms with van der Waals surface area (Å²) >= 11 is 0. The number of nitrogens with one attached hydrogen (secondary N) is 1. The maximum atomic E-state index is 12.2. The summed E-state index contributed by atoms with van der Waals surface area (Å²) in [6, 6.07) is 6.25. The third kappa shape index (κ3) is 4.01. The quantitative estimate of drug-likeness (QED) is 0.353. The molecule has 2 aliphatic rings. The number of aryl methyl sites for hydroxylation is 2. The largest absolute Gasteiger partial charge is 0.371 e. The van der Waals surface area contributed by atoms with Gasteiger partial charge in [-0.15, -0.1) is 0 Å². The molecule has 1 amide bonds. The summed E-state index contributed by atoms with van der Waals surface area (Å²) in [4.78, 5) is 14.6. The lowest BCUT2D eigenvalue weighted by molar-refractivity contribution is -0.117. The van der Waals surface area contributed by atoms with Crippen molar-refractivity contribution in [2.75, 3.05) is 37.9 Å². The molecule has 2 heterocycles. The molecule has 0 aliphatic carbocycles. The molecule has 1 aromatic rings. The van der Waals surface area contributed by atoms with Crippen LogP contribution in [-0.4, -0.2) is 38.9 Å². The Labute approximate surface area is 148 Å². The minimum absolute atomic E-state index is 0.114. The van der Waals surface area contributed by atoms with Crippen LogP contribution in [0.2, 0.25) is 0 Å². The van der Waals surface area contributed by atoms with Crippen LogP contribution in [0.4, 0.5) is 5.69 Å². The van der Waals surface area contributed by atoms with Crippen LogP contribution in [0, 0.1) is 11.3 Å². The number of nitrogens with zero attached hydrogens (tertiary/aromatic N) is 2. The number of carbonyl (C=O) groups excluding carboxylic acids is 1. The molecule has 3 rings (SSSR count). The molecule has 0 unspecified atom stereocenters. The summed E-state index contributed by atoms with van der Waals surface area (Å²) in [6.45, 7) is 3.04. The van der Waals surface area contributed by atoms with Crippen molar-refractivity contribution in [3.63, 3.8) is 0 Å². The molecule has 0 spiro atoms. The molecule has 0 atom stereocenters. The van der Waals surface area contributed by atoms with Gasteiger partial charge in [0.15, 0.2) is 0 Å². The van der Waals surface area contributed by atoms with Crippen molar-refractivity contribution in [2.24, 2.45) is 5.73 Å². The Morgan fingerprint density at radius 2 is 2.00 bits per heavy atom. The van der Waals surface area contributed by atoms with E-state index in [1.54, 1.807) is 6.08 Å². The van der Waals surface area contributed by atoms with Crippen LogP contribution in [0.1, 0.15) is 29.5 Å². The zero-order valence-corrected chi connectivity index (χ0v) is 14.4. The van der Waals surface area contributed by atoms with E-state index in [4.69, 9.17) is 10.5 Å². The molecule has 1 aromatic carbocycles. The van der Waals surface area contributed by atoms with E-state index in [2.05, 4.69) is 22.3 Å². The van der Waals surface area contributed by atoms with Crippen LogP contribution in [0.3, 0.4) is 0 Å². The molecule has 0 saturated heterocycles. The minimum Gasteiger partial charge on any atom is -0.371 e. The van der Waals surface area contributed by atoms with Crippen LogP contribution in [-0.2, 0) is 22.4 Å². The number of hydrogen-bond acceptors (Lipinski definition) is 5. The molecule has 25 heavy (non-hydrogen) atoms. The highest BCUT2D eigenvalue weighted by atomic mass is 16.5. The first-order valence-electron chi connectivity index (χ1n) is 8.81. The van der Waals surface area contributed by atoms with E-state index in [-0.39, 0.29) is 18.2 Å². The zero-order chi connectivity index (χ0) is 17.6. The summed E-state index contributed by atoms with van der Waals surface area (Å²) in [6.07, 6.45) is 6.12. The Kier molecular flexibility index (Phi) is 5.69. The van der Waals surface area contributed by atoms with Crippen molar-refractivity contribution in [1.29, 1.82) is 5.26 Å². The lowest BCUT2D eigenvalue weighted by Crippen LogP contribution is -2.34. The molecular formula is C19H24N4O2. The lowest BCUT2D eigenvalue weighted by Gasteiger charge is -2.37. The van der Waals surface area contributed by atoms with Crippen molar-refractivity contribution in [2.45, 2.75) is 25.7 Å². The summed E-state index contributed by atoms with van der Waals surface area (Å²) in [5.41, 5.74) is 10.3. The normalized spacial score (nSPS) is 16.2. The van der Waals surface area contributed by atoms with Gasteiger partial charge in [0.25, 0.3) is 5.91 Å². The highest BCUT2D eigenvalue weighted by Crippen LogP contribution is 2.36. The van der Waals surface area contributed by atoms with Gasteiger partial charge in [0.05, 0.1) is 13.3 Å². The molecule has 6 nitrogen and oxygen atoms in total. The fourth-order valence-corrected chi connectivity index (χ4v) is 3.64. The van der Waals surface area contributed by atoms with E-state index in [9.17, 15) is 10.1 Å². The standard InChI is InChI=1S/C19H24N4O2/c20-12-17(19(24)22-5-8-25-13-21)11-14-9-15-3-1-6-23-7-2-4-16(10-14)18(15)23/h9-11H,1-8,13,21H2,(H,22,24)/b17-11+. The van der Waals surface area contributed by atoms with Crippen LogP contribution >= 0.6 is 0 Å². The summed E-state index contributed by atoms with van der Waals surface area (Å²) in [5, 5.41) is 12.0. The fraction of sp³-hybridized carbons (Fsp3) is 0.474. The number of rotatable bonds is 6. The van der Waals surface area contributed by atoms with E-state index in [0.29, 0.717) is 13.2 Å². The van der Waals surface area contributed by atoms with Crippen molar-refractivity contribution in [3.05, 3.63) is 34.4 Å². The molecule has 2 aliphatic heterocycles. The predicted octanol–water partition coefficient (Wildman–Crippen LogP) is 1.34. The van der Waals surface area contributed by atoms with Crippen LogP contribution in [0.15, 0.2) is 17.7 Å². The molecule has 0 radical (unpaired) electrons. The number of hydrogen-bond donors (Lipinski definition) is 2. The molecule has 0 fully saturated rings. The number of amides is 1. The molecule has 3 N–H and O–H groups in total. The van der Waals surface area contributed by atoms with Crippen LogP contribution in [0.5, 0.6) is 0 Å². The maximum Gasteiger partial charge on any atom is 0.262 e. The Hall–Kier alpha value is -2.36. The molecule has 132 valence electrons. The monoisotopic (exact) mass is 340 g/mol. The van der Waals surface area contributed by atoms with Crippen molar-refractivity contribution < 1.29 is 9.53 Å². The van der Waals surface area contributed by atoms with Gasteiger partial charge in [-0.3, -0.25) is 4.79 Å². The number of ether oxygens (including phenoxy) is 1. The molecule has 0 bridgehead atoms. The highest BCUT2D eigenvalue weighted by molar-refractivity contribution is 6.01. The third-order valence-electron chi connectivity index (χ3n) is 4.68. The first kappa shape index (κ1) is 17.5. The van der Waals surface area contributed by atoms with E-state index < -0.39 is 0 Å². The molecule has 0 saturated carbocycles. The van der Waals surface area contributed by atoms with E-state index in [1.165, 1.54) is 16.8 Å². The van der Waals surface area contributed by atoms with Gasteiger partial charge < -0.3 is 20.7 Å². The average Bonchev–Trinajstić information content (AvgIpc) is 2.63. The van der Waals surface area contributed by atoms with Crippen molar-refractivity contribution >= 4 is 17.7 Å². The number of nitrogens with two attached hydrogens (primary N) is 1. The Morgan fingerprint density at radius 3 is 2.60 bits per heavy atom. The second-order valence-corrected chi connectivity index (χ2v) is 6.38. The third-order valence-corrected chi connectivity index (χ3v) is 4.68. The second kappa shape index (κ2) is 8.15. The van der Waals surface area contributed by atoms with Crippen molar-refractivity contribution in [3.8, 4) is 6.07 Å². The van der Waals surface area contributed by atoms with Crippen LogP contribution < -0.4 is 16.0 Å². The number of carbonyl (C=O) groups is 1. The van der Waals surface area contributed by atoms with Crippen molar-refractivity contribution in [1.82, 2.24) is 5.32 Å². The smallest absolute Gasteiger partial charge is 0.262 e. The fourth-order valence-electron chi connectivity index (χ4n) is 3.64. The lowest BCUT2D eigenvalue weighted by atomic mass is 9.89. The van der Waals surface area contributed by atoms with Gasteiger partial charge in [0.1, 0.15) is 11.6 Å². The zero-order valence-electron chi connectivity index (χ0n) is 14.4.